The van der Waals surface area contributed by atoms with Gasteiger partial charge in [-0.3, -0.25) is 4.90 Å². The molecule has 4 rings (SSSR count). The van der Waals surface area contributed by atoms with Crippen LogP contribution in [0.5, 0.6) is 0 Å². The molecule has 1 atom stereocenters. The second-order valence-electron chi connectivity index (χ2n) is 6.70. The fraction of sp³-hybridized carbons (Fsp3) is 0.450. The van der Waals surface area contributed by atoms with Crippen LogP contribution in [0.4, 0.5) is 0 Å². The summed E-state index contributed by atoms with van der Waals surface area (Å²) in [5.74, 6) is -0.221. The van der Waals surface area contributed by atoms with Crippen LogP contribution in [0.25, 0.3) is 10.8 Å². The van der Waals surface area contributed by atoms with Crippen molar-refractivity contribution in [2.75, 3.05) is 33.4 Å². The smallest absolute Gasteiger partial charge is 0.339 e. The lowest BCUT2D eigenvalue weighted by Crippen LogP contribution is -2.42. The van der Waals surface area contributed by atoms with Crippen LogP contribution < -0.4 is 0 Å². The summed E-state index contributed by atoms with van der Waals surface area (Å²) in [6, 6.07) is 10.2. The van der Waals surface area contributed by atoms with Crippen molar-refractivity contribution in [3.63, 3.8) is 0 Å². The van der Waals surface area contributed by atoms with Gasteiger partial charge >= 0.3 is 5.97 Å². The van der Waals surface area contributed by atoms with Crippen molar-refractivity contribution in [2.45, 2.75) is 25.7 Å². The normalized spacial score (nSPS) is 20.7. The van der Waals surface area contributed by atoms with Crippen molar-refractivity contribution in [2.24, 2.45) is 0 Å². The minimum atomic E-state index is -0.221. The van der Waals surface area contributed by atoms with Crippen molar-refractivity contribution in [1.29, 1.82) is 0 Å². The molecule has 0 spiro atoms. The van der Waals surface area contributed by atoms with E-state index in [0.717, 1.165) is 55.6 Å². The van der Waals surface area contributed by atoms with Gasteiger partial charge in [-0.25, -0.2) is 4.79 Å². The number of hydrogen-bond acceptors (Lipinski definition) is 5. The van der Waals surface area contributed by atoms with E-state index in [1.54, 1.807) is 7.11 Å². The first kappa shape index (κ1) is 16.5. The molecule has 0 N–H and O–H groups in total. The van der Waals surface area contributed by atoms with Gasteiger partial charge in [-0.2, -0.15) is 0 Å². The Labute approximate surface area is 147 Å². The van der Waals surface area contributed by atoms with E-state index in [1.165, 1.54) is 5.56 Å². The summed E-state index contributed by atoms with van der Waals surface area (Å²) in [4.78, 5) is 14.5. The molecule has 2 aliphatic heterocycles. The third-order valence-electron chi connectivity index (χ3n) is 5.06. The van der Waals surface area contributed by atoms with Gasteiger partial charge in [-0.05, 0) is 29.0 Å². The predicted octanol–water partition coefficient (Wildman–Crippen LogP) is 2.75. The van der Waals surface area contributed by atoms with Gasteiger partial charge in [0.15, 0.2) is 0 Å². The van der Waals surface area contributed by atoms with E-state index in [9.17, 15) is 4.79 Å². The molecule has 2 aromatic carbocycles. The van der Waals surface area contributed by atoms with Crippen molar-refractivity contribution in [1.82, 2.24) is 4.90 Å². The lowest BCUT2D eigenvalue weighted by Gasteiger charge is -2.33. The van der Waals surface area contributed by atoms with E-state index in [4.69, 9.17) is 14.2 Å². The number of nitrogens with zero attached hydrogens (tertiary/aromatic N) is 1. The summed E-state index contributed by atoms with van der Waals surface area (Å²) in [5, 5.41) is 2.21. The molecule has 25 heavy (non-hydrogen) atoms. The molecule has 0 saturated carbocycles. The largest absolute Gasteiger partial charge is 0.457 e. The number of hydrogen-bond donors (Lipinski definition) is 0. The van der Waals surface area contributed by atoms with E-state index in [2.05, 4.69) is 23.1 Å². The van der Waals surface area contributed by atoms with Crippen LogP contribution in [0.1, 0.15) is 27.9 Å². The summed E-state index contributed by atoms with van der Waals surface area (Å²) >= 11 is 0. The highest BCUT2D eigenvalue weighted by Crippen LogP contribution is 2.31. The molecular formula is C20H23NO4. The minimum absolute atomic E-state index is 0.221. The van der Waals surface area contributed by atoms with Crippen LogP contribution >= 0.6 is 0 Å². The third kappa shape index (κ3) is 3.27. The Bertz CT molecular complexity index is 789. The maximum atomic E-state index is 12.1. The van der Waals surface area contributed by atoms with Crippen LogP contribution in [0.2, 0.25) is 0 Å². The number of cyclic esters (lactones) is 1. The number of esters is 1. The molecule has 1 saturated heterocycles. The second-order valence-corrected chi connectivity index (χ2v) is 6.70. The summed E-state index contributed by atoms with van der Waals surface area (Å²) in [6.45, 7) is 4.54. The Morgan fingerprint density at radius 3 is 3.08 bits per heavy atom. The zero-order chi connectivity index (χ0) is 17.2. The number of benzene rings is 2. The molecule has 0 unspecified atom stereocenters. The average molecular weight is 341 g/mol. The zero-order valence-electron chi connectivity index (χ0n) is 14.5. The summed E-state index contributed by atoms with van der Waals surface area (Å²) in [6.07, 6.45) is 1.14. The van der Waals surface area contributed by atoms with Gasteiger partial charge in [0.2, 0.25) is 0 Å². The molecule has 132 valence electrons. The van der Waals surface area contributed by atoms with Gasteiger partial charge < -0.3 is 14.2 Å². The Hall–Kier alpha value is -1.95. The summed E-state index contributed by atoms with van der Waals surface area (Å²) < 4.78 is 16.3. The molecule has 5 heteroatoms. The first-order valence-electron chi connectivity index (χ1n) is 8.80. The third-order valence-corrected chi connectivity index (χ3v) is 5.06. The fourth-order valence-corrected chi connectivity index (χ4v) is 3.78. The number of carbonyl (C=O) groups excluding carboxylic acids is 1. The number of methoxy groups -OCH3 is 1. The molecule has 0 bridgehead atoms. The highest BCUT2D eigenvalue weighted by molar-refractivity contribution is 6.08. The van der Waals surface area contributed by atoms with Crippen LogP contribution in [-0.4, -0.2) is 50.4 Å². The zero-order valence-corrected chi connectivity index (χ0v) is 14.5. The van der Waals surface area contributed by atoms with Gasteiger partial charge in [-0.1, -0.05) is 24.3 Å². The van der Waals surface area contributed by atoms with Crippen LogP contribution in [0, 0.1) is 0 Å². The van der Waals surface area contributed by atoms with E-state index in [-0.39, 0.29) is 12.1 Å². The van der Waals surface area contributed by atoms with Crippen LogP contribution in [0.3, 0.4) is 0 Å². The maximum absolute atomic E-state index is 12.1. The molecule has 2 aromatic rings. The molecular weight excluding hydrogens is 318 g/mol. The quantitative estimate of drug-likeness (QED) is 0.783. The number of ether oxygens (including phenoxy) is 3. The van der Waals surface area contributed by atoms with Gasteiger partial charge in [0.05, 0.1) is 18.3 Å². The predicted molar refractivity (Wildman–Crippen MR) is 94.6 cm³/mol. The molecule has 0 aromatic heterocycles. The van der Waals surface area contributed by atoms with E-state index >= 15 is 0 Å². The molecule has 0 radical (unpaired) electrons. The average Bonchev–Trinajstić information content (AvgIpc) is 2.65. The molecule has 1 fully saturated rings. The Morgan fingerprint density at radius 1 is 1.28 bits per heavy atom. The first-order chi connectivity index (χ1) is 12.3. The fourth-order valence-electron chi connectivity index (χ4n) is 3.78. The lowest BCUT2D eigenvalue weighted by molar-refractivity contribution is -0.0431. The SMILES string of the molecule is COCC[C@H]1CN(Cc2ccc3c4c(cccc24)C(=O)OC3)CCO1. The first-order valence-corrected chi connectivity index (χ1v) is 8.80. The monoisotopic (exact) mass is 341 g/mol. The van der Waals surface area contributed by atoms with E-state index in [0.29, 0.717) is 12.2 Å². The highest BCUT2D eigenvalue weighted by atomic mass is 16.5. The lowest BCUT2D eigenvalue weighted by atomic mass is 9.94. The maximum Gasteiger partial charge on any atom is 0.339 e. The number of rotatable bonds is 5. The standard InChI is InChI=1S/C20H23NO4/c1-23-9-7-16-12-21(8-10-24-16)11-14-5-6-15-13-25-20(22)18-4-2-3-17(14)19(15)18/h2-6,16H,7-13H2,1H3/t16-/m0/s1. The number of morpholine rings is 1. The molecule has 0 aliphatic carbocycles. The van der Waals surface area contributed by atoms with E-state index < -0.39 is 0 Å². The number of carbonyl (C=O) groups is 1. The molecule has 5 nitrogen and oxygen atoms in total. The topological polar surface area (TPSA) is 48.0 Å². The van der Waals surface area contributed by atoms with Crippen molar-refractivity contribution >= 4 is 16.7 Å². The second kappa shape index (κ2) is 7.12. The highest BCUT2D eigenvalue weighted by Gasteiger charge is 2.24. The molecule has 2 heterocycles. The van der Waals surface area contributed by atoms with Gasteiger partial charge in [-0.15, -0.1) is 0 Å². The van der Waals surface area contributed by atoms with Crippen LogP contribution in [0.15, 0.2) is 30.3 Å². The molecule has 2 aliphatic rings. The van der Waals surface area contributed by atoms with Gasteiger partial charge in [0, 0.05) is 38.7 Å². The van der Waals surface area contributed by atoms with Gasteiger partial charge in [0.25, 0.3) is 0 Å². The summed E-state index contributed by atoms with van der Waals surface area (Å²) in [7, 11) is 1.72. The van der Waals surface area contributed by atoms with Crippen LogP contribution in [-0.2, 0) is 27.4 Å². The Morgan fingerprint density at radius 2 is 2.20 bits per heavy atom. The Balaban J connectivity index is 1.59. The van der Waals surface area contributed by atoms with E-state index in [1.807, 2.05) is 12.1 Å². The van der Waals surface area contributed by atoms with Crippen molar-refractivity contribution in [3.8, 4) is 0 Å². The van der Waals surface area contributed by atoms with Gasteiger partial charge in [0.1, 0.15) is 6.61 Å². The Kier molecular flexibility index (Phi) is 4.70. The molecule has 0 amide bonds. The minimum Gasteiger partial charge on any atom is -0.457 e. The van der Waals surface area contributed by atoms with Crippen molar-refractivity contribution in [3.05, 3.63) is 47.0 Å². The van der Waals surface area contributed by atoms with Crippen molar-refractivity contribution < 1.29 is 19.0 Å². The summed E-state index contributed by atoms with van der Waals surface area (Å²) in [5.41, 5.74) is 3.03.